The van der Waals surface area contributed by atoms with Crippen molar-refractivity contribution in [2.24, 2.45) is 0 Å². The van der Waals surface area contributed by atoms with E-state index in [1.165, 1.54) is 6.92 Å². The number of carbonyl (C=O) groups is 2. The topological polar surface area (TPSA) is 80.7 Å². The summed E-state index contributed by atoms with van der Waals surface area (Å²) in [5.74, 6) is -2.41. The Morgan fingerprint density at radius 1 is 1.33 bits per heavy atom. The van der Waals surface area contributed by atoms with Gasteiger partial charge in [-0.25, -0.2) is 0 Å². The highest BCUT2D eigenvalue weighted by atomic mass is 32.2. The summed E-state index contributed by atoms with van der Waals surface area (Å²) in [4.78, 5) is 21.9. The van der Waals surface area contributed by atoms with Crippen molar-refractivity contribution in [3.05, 3.63) is 35.9 Å². The summed E-state index contributed by atoms with van der Waals surface area (Å²) in [6.07, 6.45) is 0. The average molecular weight is 270 g/mol. The molecule has 0 aromatic heterocycles. The first-order chi connectivity index (χ1) is 8.50. The number of ether oxygens (including phenoxy) is 1. The van der Waals surface area contributed by atoms with Crippen molar-refractivity contribution < 1.29 is 23.6 Å². The van der Waals surface area contributed by atoms with Crippen LogP contribution < -0.4 is 0 Å². The quantitative estimate of drug-likeness (QED) is 0.778. The normalized spacial score (nSPS) is 13.6. The van der Waals surface area contributed by atoms with Crippen LogP contribution >= 0.6 is 0 Å². The van der Waals surface area contributed by atoms with Crippen LogP contribution in [0.15, 0.2) is 30.3 Å². The zero-order valence-corrected chi connectivity index (χ0v) is 10.7. The van der Waals surface area contributed by atoms with E-state index in [-0.39, 0.29) is 6.61 Å². The molecule has 6 heteroatoms. The molecular formula is C12H14O5S. The van der Waals surface area contributed by atoms with Gasteiger partial charge in [0.1, 0.15) is 17.6 Å². The number of carboxylic acids is 1. The van der Waals surface area contributed by atoms with Crippen LogP contribution in [0.2, 0.25) is 0 Å². The van der Waals surface area contributed by atoms with Gasteiger partial charge in [-0.15, -0.1) is 0 Å². The SMILES string of the molecule is CC(C(=O)OCc1ccccc1)S(=O)CC(=O)O. The Morgan fingerprint density at radius 2 is 1.94 bits per heavy atom. The van der Waals surface area contributed by atoms with Crippen molar-refractivity contribution in [1.82, 2.24) is 0 Å². The molecule has 0 amide bonds. The zero-order chi connectivity index (χ0) is 13.5. The maximum absolute atomic E-state index is 11.5. The number of carbonyl (C=O) groups excluding carboxylic acids is 1. The van der Waals surface area contributed by atoms with Crippen molar-refractivity contribution in [3.8, 4) is 0 Å². The molecule has 0 aliphatic rings. The van der Waals surface area contributed by atoms with E-state index in [2.05, 4.69) is 0 Å². The van der Waals surface area contributed by atoms with Crippen molar-refractivity contribution in [2.75, 3.05) is 5.75 Å². The first-order valence-corrected chi connectivity index (χ1v) is 6.68. The fourth-order valence-corrected chi connectivity index (χ4v) is 1.98. The summed E-state index contributed by atoms with van der Waals surface area (Å²) >= 11 is 0. The average Bonchev–Trinajstić information content (AvgIpc) is 2.35. The summed E-state index contributed by atoms with van der Waals surface area (Å²) in [5.41, 5.74) is 0.821. The fourth-order valence-electron chi connectivity index (χ4n) is 1.20. The second-order valence-electron chi connectivity index (χ2n) is 3.65. The third kappa shape index (κ3) is 4.67. The Morgan fingerprint density at radius 3 is 2.50 bits per heavy atom. The molecule has 0 saturated carbocycles. The number of hydrogen-bond acceptors (Lipinski definition) is 4. The molecule has 0 saturated heterocycles. The fraction of sp³-hybridized carbons (Fsp3) is 0.333. The van der Waals surface area contributed by atoms with Gasteiger partial charge in [0, 0.05) is 10.8 Å². The lowest BCUT2D eigenvalue weighted by atomic mass is 10.2. The zero-order valence-electron chi connectivity index (χ0n) is 9.87. The first-order valence-electron chi connectivity index (χ1n) is 5.30. The summed E-state index contributed by atoms with van der Waals surface area (Å²) in [7, 11) is -1.76. The molecule has 1 aromatic carbocycles. The molecule has 1 N–H and O–H groups in total. The number of aliphatic carboxylic acids is 1. The van der Waals surface area contributed by atoms with Crippen LogP contribution in [0.1, 0.15) is 12.5 Å². The van der Waals surface area contributed by atoms with E-state index in [9.17, 15) is 13.8 Å². The molecule has 2 unspecified atom stereocenters. The molecule has 0 radical (unpaired) electrons. The van der Waals surface area contributed by atoms with Gasteiger partial charge < -0.3 is 9.84 Å². The van der Waals surface area contributed by atoms with Gasteiger partial charge in [0.2, 0.25) is 0 Å². The highest BCUT2D eigenvalue weighted by Crippen LogP contribution is 2.05. The maximum Gasteiger partial charge on any atom is 0.321 e. The lowest BCUT2D eigenvalue weighted by molar-refractivity contribution is -0.144. The second kappa shape index (κ2) is 6.90. The lowest BCUT2D eigenvalue weighted by Gasteiger charge is -2.10. The molecule has 1 rings (SSSR count). The molecule has 2 atom stereocenters. The highest BCUT2D eigenvalue weighted by molar-refractivity contribution is 7.87. The van der Waals surface area contributed by atoms with Crippen LogP contribution in [0.4, 0.5) is 0 Å². The van der Waals surface area contributed by atoms with Crippen molar-refractivity contribution in [2.45, 2.75) is 18.8 Å². The maximum atomic E-state index is 11.5. The van der Waals surface area contributed by atoms with Gasteiger partial charge in [0.25, 0.3) is 0 Å². The third-order valence-corrected chi connectivity index (χ3v) is 3.73. The first kappa shape index (κ1) is 14.4. The minimum Gasteiger partial charge on any atom is -0.481 e. The Hall–Kier alpha value is -1.69. The van der Waals surface area contributed by atoms with E-state index in [0.717, 1.165) is 5.56 Å². The van der Waals surface area contributed by atoms with Crippen molar-refractivity contribution in [3.63, 3.8) is 0 Å². The van der Waals surface area contributed by atoms with E-state index < -0.39 is 33.7 Å². The molecule has 0 spiro atoms. The van der Waals surface area contributed by atoms with Crippen molar-refractivity contribution >= 4 is 22.7 Å². The van der Waals surface area contributed by atoms with Crippen LogP contribution in [0.3, 0.4) is 0 Å². The molecule has 0 fully saturated rings. The van der Waals surface area contributed by atoms with Crippen LogP contribution in [0.25, 0.3) is 0 Å². The van der Waals surface area contributed by atoms with E-state index >= 15 is 0 Å². The molecule has 18 heavy (non-hydrogen) atoms. The molecule has 5 nitrogen and oxygen atoms in total. The Bertz CT molecular complexity index is 443. The van der Waals surface area contributed by atoms with Gasteiger partial charge in [-0.1, -0.05) is 30.3 Å². The van der Waals surface area contributed by atoms with Gasteiger partial charge >= 0.3 is 11.9 Å². The summed E-state index contributed by atoms with van der Waals surface area (Å²) in [5, 5.41) is 7.54. The van der Waals surface area contributed by atoms with Crippen molar-refractivity contribution in [1.29, 1.82) is 0 Å². The van der Waals surface area contributed by atoms with E-state index in [0.29, 0.717) is 0 Å². The Kier molecular flexibility index (Phi) is 5.51. The van der Waals surface area contributed by atoms with E-state index in [4.69, 9.17) is 9.84 Å². The Balaban J connectivity index is 2.45. The predicted octanol–water partition coefficient (Wildman–Crippen LogP) is 0.952. The molecular weight excluding hydrogens is 256 g/mol. The molecule has 98 valence electrons. The minimum absolute atomic E-state index is 0.0916. The second-order valence-corrected chi connectivity index (χ2v) is 5.41. The summed E-state index contributed by atoms with van der Waals surface area (Å²) < 4.78 is 16.4. The molecule has 0 heterocycles. The smallest absolute Gasteiger partial charge is 0.321 e. The highest BCUT2D eigenvalue weighted by Gasteiger charge is 2.23. The van der Waals surface area contributed by atoms with Gasteiger partial charge in [-0.3, -0.25) is 13.8 Å². The van der Waals surface area contributed by atoms with Crippen LogP contribution in [-0.2, 0) is 31.7 Å². The Labute approximate surface area is 107 Å². The molecule has 0 aliphatic carbocycles. The number of rotatable bonds is 6. The summed E-state index contributed by atoms with van der Waals surface area (Å²) in [6, 6.07) is 9.07. The lowest BCUT2D eigenvalue weighted by Crippen LogP contribution is -2.28. The predicted molar refractivity (Wildman–Crippen MR) is 66.3 cm³/mol. The van der Waals surface area contributed by atoms with E-state index in [1.54, 1.807) is 12.1 Å². The molecule has 1 aromatic rings. The third-order valence-electron chi connectivity index (χ3n) is 2.22. The molecule has 0 aliphatic heterocycles. The van der Waals surface area contributed by atoms with Gasteiger partial charge in [-0.05, 0) is 12.5 Å². The van der Waals surface area contributed by atoms with Crippen LogP contribution in [0, 0.1) is 0 Å². The largest absolute Gasteiger partial charge is 0.481 e. The standard InChI is InChI=1S/C12H14O5S/c1-9(18(16)8-11(13)14)12(15)17-7-10-5-3-2-4-6-10/h2-6,9H,7-8H2,1H3,(H,13,14). The number of carboxylic acid groups (broad SMARTS) is 1. The minimum atomic E-state index is -1.76. The van der Waals surface area contributed by atoms with Gasteiger partial charge in [0.05, 0.1) is 0 Å². The summed E-state index contributed by atoms with van der Waals surface area (Å²) in [6.45, 7) is 1.49. The number of esters is 1. The van der Waals surface area contributed by atoms with Gasteiger partial charge in [-0.2, -0.15) is 0 Å². The van der Waals surface area contributed by atoms with Crippen LogP contribution in [0.5, 0.6) is 0 Å². The number of hydrogen-bond donors (Lipinski definition) is 1. The van der Waals surface area contributed by atoms with Gasteiger partial charge in [0.15, 0.2) is 0 Å². The molecule has 0 bridgehead atoms. The monoisotopic (exact) mass is 270 g/mol. The van der Waals surface area contributed by atoms with Crippen LogP contribution in [-0.4, -0.2) is 32.3 Å². The number of benzene rings is 1. The van der Waals surface area contributed by atoms with E-state index in [1.807, 2.05) is 18.2 Å².